The molecule has 6 heteroatoms. The first kappa shape index (κ1) is 20.1. The van der Waals surface area contributed by atoms with Crippen LogP contribution in [0.1, 0.15) is 26.3 Å². The molecule has 4 heterocycles. The van der Waals surface area contributed by atoms with E-state index < -0.39 is 0 Å². The fourth-order valence-corrected chi connectivity index (χ4v) is 5.03. The number of nitrogens with zero attached hydrogens (tertiary/aromatic N) is 4. The molecule has 0 radical (unpaired) electrons. The summed E-state index contributed by atoms with van der Waals surface area (Å²) in [5.74, 6) is 1.80. The highest BCUT2D eigenvalue weighted by Gasteiger charge is 2.20. The van der Waals surface area contributed by atoms with Gasteiger partial charge in [0.05, 0.1) is 10.2 Å². The second kappa shape index (κ2) is 8.02. The topological polar surface area (TPSA) is 53.9 Å². The quantitative estimate of drug-likeness (QED) is 0.489. The highest BCUT2D eigenvalue weighted by molar-refractivity contribution is 7.22. The van der Waals surface area contributed by atoms with Gasteiger partial charge in [-0.3, -0.25) is 4.98 Å². The molecule has 0 atom stereocenters. The summed E-state index contributed by atoms with van der Waals surface area (Å²) in [4.78, 5) is 17.7. The normalized spacial score (nSPS) is 14.9. The maximum Gasteiger partial charge on any atom is 0.162 e. The zero-order valence-corrected chi connectivity index (χ0v) is 19.0. The number of pyridine rings is 1. The van der Waals surface area contributed by atoms with Crippen molar-refractivity contribution in [3.63, 3.8) is 0 Å². The van der Waals surface area contributed by atoms with E-state index in [4.69, 9.17) is 9.97 Å². The van der Waals surface area contributed by atoms with E-state index in [0.29, 0.717) is 0 Å². The fraction of sp³-hybridized carbons (Fsp3) is 0.320. The number of anilines is 1. The molecule has 1 fully saturated rings. The molecule has 1 aliphatic heterocycles. The lowest BCUT2D eigenvalue weighted by Crippen LogP contribution is -2.44. The smallest absolute Gasteiger partial charge is 0.162 e. The van der Waals surface area contributed by atoms with Gasteiger partial charge in [-0.25, -0.2) is 9.97 Å². The summed E-state index contributed by atoms with van der Waals surface area (Å²) in [6.07, 6.45) is 3.59. The van der Waals surface area contributed by atoms with Gasteiger partial charge in [-0.2, -0.15) is 0 Å². The molecule has 4 aromatic rings. The molecule has 0 saturated carbocycles. The van der Waals surface area contributed by atoms with Crippen molar-refractivity contribution in [2.45, 2.75) is 26.2 Å². The third kappa shape index (κ3) is 4.05. The van der Waals surface area contributed by atoms with E-state index in [1.165, 1.54) is 16.0 Å². The first-order chi connectivity index (χ1) is 15.0. The van der Waals surface area contributed by atoms with Crippen molar-refractivity contribution in [1.82, 2.24) is 20.3 Å². The van der Waals surface area contributed by atoms with Crippen LogP contribution in [0.15, 0.2) is 54.9 Å². The summed E-state index contributed by atoms with van der Waals surface area (Å²) in [6, 6.07) is 15.1. The number of rotatable bonds is 3. The fourth-order valence-electron chi connectivity index (χ4n) is 3.91. The van der Waals surface area contributed by atoms with Gasteiger partial charge in [0.1, 0.15) is 0 Å². The Hall–Kier alpha value is -2.83. The van der Waals surface area contributed by atoms with Crippen LogP contribution < -0.4 is 10.2 Å². The Bertz CT molecular complexity index is 1190. The van der Waals surface area contributed by atoms with Crippen LogP contribution in [0.2, 0.25) is 0 Å². The van der Waals surface area contributed by atoms with Crippen molar-refractivity contribution in [2.75, 3.05) is 31.1 Å². The Morgan fingerprint density at radius 2 is 1.61 bits per heavy atom. The SMILES string of the molecule is CC(C)(C)c1ccc(-c2cc3nc(-c4ccncc4)nc(N4CCNCC4)c3s2)cc1. The van der Waals surface area contributed by atoms with Crippen LogP contribution in [0, 0.1) is 0 Å². The molecule has 0 spiro atoms. The van der Waals surface area contributed by atoms with E-state index >= 15 is 0 Å². The molecule has 0 unspecified atom stereocenters. The molecule has 3 aromatic heterocycles. The van der Waals surface area contributed by atoms with Crippen molar-refractivity contribution in [3.05, 3.63) is 60.4 Å². The predicted octanol–water partition coefficient (Wildman–Crippen LogP) is 5.13. The Morgan fingerprint density at radius 1 is 0.903 bits per heavy atom. The van der Waals surface area contributed by atoms with Crippen LogP contribution in [0.4, 0.5) is 5.82 Å². The Labute approximate surface area is 187 Å². The van der Waals surface area contributed by atoms with E-state index in [0.717, 1.165) is 53.6 Å². The van der Waals surface area contributed by atoms with Crippen molar-refractivity contribution in [2.24, 2.45) is 0 Å². The Kier molecular flexibility index (Phi) is 5.20. The average Bonchev–Trinajstić information content (AvgIpc) is 3.23. The van der Waals surface area contributed by atoms with Gasteiger partial charge in [-0.15, -0.1) is 11.3 Å². The molecule has 0 bridgehead atoms. The minimum Gasteiger partial charge on any atom is -0.353 e. The van der Waals surface area contributed by atoms with Crippen LogP contribution in [0.25, 0.3) is 32.0 Å². The number of aromatic nitrogens is 3. The number of thiophene rings is 1. The van der Waals surface area contributed by atoms with E-state index in [1.807, 2.05) is 12.1 Å². The van der Waals surface area contributed by atoms with Gasteiger partial charge in [0.25, 0.3) is 0 Å². The molecule has 0 aliphatic carbocycles. The van der Waals surface area contributed by atoms with Crippen molar-refractivity contribution in [1.29, 1.82) is 0 Å². The summed E-state index contributed by atoms with van der Waals surface area (Å²) in [7, 11) is 0. The molecule has 0 amide bonds. The number of hydrogen-bond donors (Lipinski definition) is 1. The summed E-state index contributed by atoms with van der Waals surface area (Å²) in [6.45, 7) is 10.6. The zero-order valence-electron chi connectivity index (χ0n) is 18.2. The average molecular weight is 430 g/mol. The monoisotopic (exact) mass is 429 g/mol. The molecule has 5 rings (SSSR count). The maximum absolute atomic E-state index is 5.02. The Morgan fingerprint density at radius 3 is 2.29 bits per heavy atom. The Balaban J connectivity index is 1.62. The number of fused-ring (bicyclic) bond motifs is 1. The van der Waals surface area contributed by atoms with E-state index in [1.54, 1.807) is 23.7 Å². The molecular formula is C25H27N5S. The first-order valence-corrected chi connectivity index (χ1v) is 11.6. The van der Waals surface area contributed by atoms with Gasteiger partial charge in [-0.05, 0) is 34.7 Å². The molecule has 1 N–H and O–H groups in total. The predicted molar refractivity (Wildman–Crippen MR) is 130 cm³/mol. The number of hydrogen-bond acceptors (Lipinski definition) is 6. The first-order valence-electron chi connectivity index (χ1n) is 10.8. The van der Waals surface area contributed by atoms with E-state index in [2.05, 4.69) is 66.3 Å². The molecule has 1 saturated heterocycles. The highest BCUT2D eigenvalue weighted by Crippen LogP contribution is 2.39. The van der Waals surface area contributed by atoms with Gasteiger partial charge in [0, 0.05) is 49.0 Å². The third-order valence-electron chi connectivity index (χ3n) is 5.74. The van der Waals surface area contributed by atoms with Crippen molar-refractivity contribution < 1.29 is 0 Å². The second-order valence-corrected chi connectivity index (χ2v) is 10.0. The lowest BCUT2D eigenvalue weighted by molar-refractivity contribution is 0.586. The van der Waals surface area contributed by atoms with Gasteiger partial charge in [0.2, 0.25) is 0 Å². The third-order valence-corrected chi connectivity index (χ3v) is 6.91. The lowest BCUT2D eigenvalue weighted by atomic mass is 9.86. The minimum atomic E-state index is 0.152. The maximum atomic E-state index is 5.02. The molecule has 31 heavy (non-hydrogen) atoms. The van der Waals surface area contributed by atoms with Crippen LogP contribution in [0.3, 0.4) is 0 Å². The van der Waals surface area contributed by atoms with E-state index in [-0.39, 0.29) is 5.41 Å². The largest absolute Gasteiger partial charge is 0.353 e. The van der Waals surface area contributed by atoms with Crippen molar-refractivity contribution >= 4 is 27.4 Å². The van der Waals surface area contributed by atoms with Gasteiger partial charge in [-0.1, -0.05) is 45.0 Å². The standard InChI is InChI=1S/C25H27N5S/c1-25(2,3)19-6-4-17(5-7-19)21-16-20-22(31-21)24(30-14-12-27-13-15-30)29-23(28-20)18-8-10-26-11-9-18/h4-11,16,27H,12-15H2,1-3H3. The molecular weight excluding hydrogens is 402 g/mol. The zero-order chi connectivity index (χ0) is 21.4. The second-order valence-electron chi connectivity index (χ2n) is 9.00. The van der Waals surface area contributed by atoms with E-state index in [9.17, 15) is 0 Å². The van der Waals surface area contributed by atoms with Crippen LogP contribution >= 0.6 is 11.3 Å². The minimum absolute atomic E-state index is 0.152. The van der Waals surface area contributed by atoms with Crippen LogP contribution in [-0.4, -0.2) is 41.1 Å². The van der Waals surface area contributed by atoms with Gasteiger partial charge < -0.3 is 10.2 Å². The van der Waals surface area contributed by atoms with Crippen LogP contribution in [0.5, 0.6) is 0 Å². The van der Waals surface area contributed by atoms with Crippen molar-refractivity contribution in [3.8, 4) is 21.8 Å². The molecule has 1 aliphatic rings. The van der Waals surface area contributed by atoms with Crippen LogP contribution in [-0.2, 0) is 5.41 Å². The molecule has 5 nitrogen and oxygen atoms in total. The lowest BCUT2D eigenvalue weighted by Gasteiger charge is -2.28. The summed E-state index contributed by atoms with van der Waals surface area (Å²) < 4.78 is 1.16. The highest BCUT2D eigenvalue weighted by atomic mass is 32.1. The van der Waals surface area contributed by atoms with Gasteiger partial charge in [0.15, 0.2) is 11.6 Å². The molecule has 158 valence electrons. The summed E-state index contributed by atoms with van der Waals surface area (Å²) >= 11 is 1.79. The summed E-state index contributed by atoms with van der Waals surface area (Å²) in [5.41, 5.74) is 4.73. The summed E-state index contributed by atoms with van der Waals surface area (Å²) in [5, 5.41) is 3.44. The number of nitrogens with one attached hydrogen (secondary N) is 1. The molecule has 1 aromatic carbocycles. The van der Waals surface area contributed by atoms with Gasteiger partial charge >= 0.3 is 0 Å². The number of piperazine rings is 1. The number of benzene rings is 1.